The van der Waals surface area contributed by atoms with Crippen molar-refractivity contribution in [1.29, 1.82) is 0 Å². The first-order valence-corrected chi connectivity index (χ1v) is 8.83. The summed E-state index contributed by atoms with van der Waals surface area (Å²) in [5.41, 5.74) is 0. The number of benzene rings is 2. The monoisotopic (exact) mass is 346 g/mol. The highest BCUT2D eigenvalue weighted by molar-refractivity contribution is 8.19. The molecule has 0 heterocycles. The van der Waals surface area contributed by atoms with Crippen LogP contribution in [0.5, 0.6) is 0 Å². The third kappa shape index (κ3) is 4.88. The summed E-state index contributed by atoms with van der Waals surface area (Å²) in [6.45, 7) is 0. The Kier molecular flexibility index (Phi) is 6.74. The standard InChI is InChI=1S/C18H18O3S2/c1-21-17(20)18(13-8-14-19,22-15-9-4-2-5-10-15)23-16-11-6-3-7-12-16/h2-7,9-12,14H,8,13H2,1H3. The van der Waals surface area contributed by atoms with Crippen LogP contribution in [0.1, 0.15) is 12.8 Å². The van der Waals surface area contributed by atoms with Crippen LogP contribution >= 0.6 is 23.5 Å². The summed E-state index contributed by atoms with van der Waals surface area (Å²) in [6, 6.07) is 19.4. The third-order valence-electron chi connectivity index (χ3n) is 3.14. The molecule has 0 aliphatic rings. The van der Waals surface area contributed by atoms with Crippen LogP contribution in [-0.2, 0) is 14.3 Å². The Morgan fingerprint density at radius 3 is 1.87 bits per heavy atom. The number of methoxy groups -OCH3 is 1. The van der Waals surface area contributed by atoms with E-state index in [1.807, 2.05) is 60.7 Å². The maximum Gasteiger partial charge on any atom is 0.332 e. The minimum absolute atomic E-state index is 0.300. The Morgan fingerprint density at radius 2 is 1.48 bits per heavy atom. The summed E-state index contributed by atoms with van der Waals surface area (Å²) in [6.07, 6.45) is 1.55. The van der Waals surface area contributed by atoms with Gasteiger partial charge in [0, 0.05) is 16.2 Å². The minimum Gasteiger partial charge on any atom is -0.467 e. The third-order valence-corrected chi connectivity index (χ3v) is 6.06. The highest BCUT2D eigenvalue weighted by Crippen LogP contribution is 2.49. The zero-order chi connectivity index (χ0) is 16.5. The number of thioether (sulfide) groups is 2. The molecule has 0 radical (unpaired) electrons. The van der Waals surface area contributed by atoms with Crippen LogP contribution in [0.3, 0.4) is 0 Å². The van der Waals surface area contributed by atoms with Crippen molar-refractivity contribution in [1.82, 2.24) is 0 Å². The van der Waals surface area contributed by atoms with E-state index in [4.69, 9.17) is 4.74 Å². The topological polar surface area (TPSA) is 43.4 Å². The van der Waals surface area contributed by atoms with Crippen LogP contribution in [-0.4, -0.2) is 23.4 Å². The van der Waals surface area contributed by atoms with Gasteiger partial charge in [0.05, 0.1) is 7.11 Å². The molecule has 120 valence electrons. The summed E-state index contributed by atoms with van der Waals surface area (Å²) < 4.78 is 4.17. The van der Waals surface area contributed by atoms with Gasteiger partial charge in [0.15, 0.2) is 4.08 Å². The molecular formula is C18H18O3S2. The van der Waals surface area contributed by atoms with Crippen LogP contribution < -0.4 is 0 Å². The molecule has 2 aromatic rings. The number of ether oxygens (including phenoxy) is 1. The molecule has 2 aromatic carbocycles. The normalized spacial score (nSPS) is 11.0. The minimum atomic E-state index is -0.891. The molecule has 3 nitrogen and oxygen atoms in total. The van der Waals surface area contributed by atoms with Crippen molar-refractivity contribution in [2.45, 2.75) is 26.7 Å². The van der Waals surface area contributed by atoms with E-state index in [1.165, 1.54) is 30.6 Å². The number of carbonyl (C=O) groups is 2. The molecule has 2 rings (SSSR count). The van der Waals surface area contributed by atoms with Gasteiger partial charge in [0.1, 0.15) is 6.29 Å². The smallest absolute Gasteiger partial charge is 0.332 e. The number of rotatable bonds is 8. The summed E-state index contributed by atoms with van der Waals surface area (Å²) in [4.78, 5) is 25.4. The van der Waals surface area contributed by atoms with Crippen molar-refractivity contribution < 1.29 is 14.3 Å². The zero-order valence-corrected chi connectivity index (χ0v) is 14.4. The molecule has 5 heteroatoms. The fraction of sp³-hybridized carbons (Fsp3) is 0.222. The maximum absolute atomic E-state index is 12.6. The van der Waals surface area contributed by atoms with Gasteiger partial charge in [-0.2, -0.15) is 0 Å². The van der Waals surface area contributed by atoms with Crippen molar-refractivity contribution in [3.8, 4) is 0 Å². The first-order chi connectivity index (χ1) is 11.2. The van der Waals surface area contributed by atoms with Gasteiger partial charge in [-0.1, -0.05) is 59.9 Å². The quantitative estimate of drug-likeness (QED) is 0.306. The van der Waals surface area contributed by atoms with Crippen LogP contribution in [0.25, 0.3) is 0 Å². The fourth-order valence-corrected chi connectivity index (χ4v) is 4.94. The second-order valence-corrected chi connectivity index (χ2v) is 7.78. The Morgan fingerprint density at radius 1 is 1.00 bits per heavy atom. The molecule has 0 spiro atoms. The van der Waals surface area contributed by atoms with E-state index in [9.17, 15) is 9.59 Å². The first kappa shape index (κ1) is 17.6. The molecule has 0 atom stereocenters. The highest BCUT2D eigenvalue weighted by Gasteiger charge is 2.41. The number of aldehydes is 1. The van der Waals surface area contributed by atoms with E-state index in [0.29, 0.717) is 12.8 Å². The van der Waals surface area contributed by atoms with E-state index in [1.54, 1.807) is 0 Å². The number of esters is 1. The molecule has 0 fully saturated rings. The average Bonchev–Trinajstić information content (AvgIpc) is 2.60. The van der Waals surface area contributed by atoms with Crippen molar-refractivity contribution >= 4 is 35.8 Å². The van der Waals surface area contributed by atoms with Gasteiger partial charge in [0.25, 0.3) is 0 Å². The number of carbonyl (C=O) groups excluding carboxylic acids is 2. The Bertz CT molecular complexity index is 588. The van der Waals surface area contributed by atoms with Crippen molar-refractivity contribution in [2.75, 3.05) is 7.11 Å². The van der Waals surface area contributed by atoms with Crippen LogP contribution in [0.2, 0.25) is 0 Å². The summed E-state index contributed by atoms with van der Waals surface area (Å²) in [7, 11) is 1.38. The average molecular weight is 346 g/mol. The molecule has 23 heavy (non-hydrogen) atoms. The molecule has 0 aromatic heterocycles. The molecule has 0 N–H and O–H groups in total. The molecule has 0 aliphatic heterocycles. The molecular weight excluding hydrogens is 328 g/mol. The van der Waals surface area contributed by atoms with Gasteiger partial charge in [0.2, 0.25) is 0 Å². The van der Waals surface area contributed by atoms with Crippen molar-refractivity contribution in [2.24, 2.45) is 0 Å². The van der Waals surface area contributed by atoms with E-state index in [-0.39, 0.29) is 5.97 Å². The lowest BCUT2D eigenvalue weighted by atomic mass is 10.2. The Labute approximate surface area is 144 Å². The molecule has 0 unspecified atom stereocenters. The van der Waals surface area contributed by atoms with Crippen LogP contribution in [0, 0.1) is 0 Å². The molecule has 0 bridgehead atoms. The van der Waals surface area contributed by atoms with Gasteiger partial charge in [-0.05, 0) is 30.7 Å². The lowest BCUT2D eigenvalue weighted by Gasteiger charge is -2.29. The predicted molar refractivity (Wildman–Crippen MR) is 94.6 cm³/mol. The van der Waals surface area contributed by atoms with Crippen molar-refractivity contribution in [3.63, 3.8) is 0 Å². The SMILES string of the molecule is COC(=O)C(CCC=O)(Sc1ccccc1)Sc1ccccc1. The highest BCUT2D eigenvalue weighted by atomic mass is 32.2. The van der Waals surface area contributed by atoms with E-state index in [2.05, 4.69) is 0 Å². The van der Waals surface area contributed by atoms with Gasteiger partial charge in [-0.15, -0.1) is 0 Å². The van der Waals surface area contributed by atoms with Gasteiger partial charge >= 0.3 is 5.97 Å². The number of hydrogen-bond acceptors (Lipinski definition) is 5. The van der Waals surface area contributed by atoms with Gasteiger partial charge < -0.3 is 9.53 Å². The van der Waals surface area contributed by atoms with Gasteiger partial charge in [-0.3, -0.25) is 0 Å². The Hall–Kier alpha value is -1.72. The van der Waals surface area contributed by atoms with Crippen LogP contribution in [0.4, 0.5) is 0 Å². The summed E-state index contributed by atoms with van der Waals surface area (Å²) in [5, 5.41) is 0. The van der Waals surface area contributed by atoms with Crippen molar-refractivity contribution in [3.05, 3.63) is 60.7 Å². The largest absolute Gasteiger partial charge is 0.467 e. The number of hydrogen-bond donors (Lipinski definition) is 0. The molecule has 0 saturated heterocycles. The second-order valence-electron chi connectivity index (χ2n) is 4.78. The summed E-state index contributed by atoms with van der Waals surface area (Å²) >= 11 is 2.87. The van der Waals surface area contributed by atoms with E-state index in [0.717, 1.165) is 16.1 Å². The zero-order valence-electron chi connectivity index (χ0n) is 12.8. The lowest BCUT2D eigenvalue weighted by Crippen LogP contribution is -2.33. The Balaban J connectivity index is 2.36. The van der Waals surface area contributed by atoms with Gasteiger partial charge in [-0.25, -0.2) is 4.79 Å². The first-order valence-electron chi connectivity index (χ1n) is 7.20. The molecule has 0 amide bonds. The molecule has 0 aliphatic carbocycles. The van der Waals surface area contributed by atoms with E-state index < -0.39 is 4.08 Å². The predicted octanol–water partition coefficient (Wildman–Crippen LogP) is 4.42. The molecule has 0 saturated carbocycles. The maximum atomic E-state index is 12.6. The fourth-order valence-electron chi connectivity index (χ4n) is 2.07. The van der Waals surface area contributed by atoms with Crippen LogP contribution in [0.15, 0.2) is 70.5 Å². The second kappa shape index (κ2) is 8.79. The lowest BCUT2D eigenvalue weighted by molar-refractivity contribution is -0.141. The summed E-state index contributed by atoms with van der Waals surface area (Å²) in [5.74, 6) is -0.331. The van der Waals surface area contributed by atoms with E-state index >= 15 is 0 Å².